The van der Waals surface area contributed by atoms with E-state index in [1.807, 2.05) is 22.8 Å². The molecule has 3 aromatic rings. The monoisotopic (exact) mass is 431 g/mol. The molecule has 0 radical (unpaired) electrons. The zero-order valence-corrected chi connectivity index (χ0v) is 17.5. The van der Waals surface area contributed by atoms with Gasteiger partial charge in [0, 0.05) is 44.1 Å². The second-order valence-corrected chi connectivity index (χ2v) is 8.13. The number of likely N-dealkylation sites (tertiary alicyclic amines) is 1. The number of hydrogen-bond donors (Lipinski definition) is 1. The molecular formula is C21H23Cl2N5O. The number of nitrogens with one attached hydrogen (secondary N) is 1. The lowest BCUT2D eigenvalue weighted by atomic mass is 10.0. The molecule has 0 spiro atoms. The Morgan fingerprint density at radius 2 is 1.90 bits per heavy atom. The van der Waals surface area contributed by atoms with Gasteiger partial charge in [0.05, 0.1) is 26.8 Å². The predicted octanol–water partition coefficient (Wildman–Crippen LogP) is 3.35. The van der Waals surface area contributed by atoms with Gasteiger partial charge in [-0.15, -0.1) is 0 Å². The van der Waals surface area contributed by atoms with E-state index in [0.29, 0.717) is 29.2 Å². The molecule has 0 saturated carbocycles. The molecule has 4 heterocycles. The molecule has 0 aromatic carbocycles. The topological polar surface area (TPSA) is 63.1 Å². The Hall–Kier alpha value is -1.99. The summed E-state index contributed by atoms with van der Waals surface area (Å²) in [5.74, 6) is 0. The van der Waals surface area contributed by atoms with Gasteiger partial charge in [-0.25, -0.2) is 0 Å². The Bertz CT molecular complexity index is 1050. The zero-order valence-electron chi connectivity index (χ0n) is 16.0. The first kappa shape index (κ1) is 20.3. The maximum Gasteiger partial charge on any atom is 0.251 e. The van der Waals surface area contributed by atoms with Crippen LogP contribution in [0.4, 0.5) is 0 Å². The molecule has 0 amide bonds. The summed E-state index contributed by atoms with van der Waals surface area (Å²) in [4.78, 5) is 23.4. The van der Waals surface area contributed by atoms with Crippen LogP contribution in [0.1, 0.15) is 18.5 Å². The van der Waals surface area contributed by atoms with E-state index in [2.05, 4.69) is 20.2 Å². The smallest absolute Gasteiger partial charge is 0.251 e. The highest BCUT2D eigenvalue weighted by Crippen LogP contribution is 2.21. The number of rotatable bonds is 6. The van der Waals surface area contributed by atoms with Gasteiger partial charge in [-0.3, -0.25) is 14.8 Å². The summed E-state index contributed by atoms with van der Waals surface area (Å²) in [5.41, 5.74) is 2.67. The number of halogens is 2. The van der Waals surface area contributed by atoms with Crippen LogP contribution in [0.5, 0.6) is 0 Å². The van der Waals surface area contributed by atoms with Crippen molar-refractivity contribution in [2.75, 3.05) is 19.6 Å². The van der Waals surface area contributed by atoms with Gasteiger partial charge in [0.1, 0.15) is 0 Å². The van der Waals surface area contributed by atoms with Crippen LogP contribution in [-0.2, 0) is 13.1 Å². The fourth-order valence-electron chi connectivity index (χ4n) is 3.76. The number of piperidine rings is 1. The van der Waals surface area contributed by atoms with E-state index >= 15 is 0 Å². The van der Waals surface area contributed by atoms with Crippen molar-refractivity contribution in [2.24, 2.45) is 0 Å². The van der Waals surface area contributed by atoms with Crippen molar-refractivity contribution in [1.82, 2.24) is 24.8 Å². The minimum absolute atomic E-state index is 0.0242. The Kier molecular flexibility index (Phi) is 6.45. The van der Waals surface area contributed by atoms with Crippen molar-refractivity contribution in [1.29, 1.82) is 0 Å². The summed E-state index contributed by atoms with van der Waals surface area (Å²) >= 11 is 12.0. The summed E-state index contributed by atoms with van der Waals surface area (Å²) in [6.45, 7) is 4.22. The fourth-order valence-corrected chi connectivity index (χ4v) is 4.03. The molecule has 1 saturated heterocycles. The summed E-state index contributed by atoms with van der Waals surface area (Å²) in [6.07, 6.45) is 5.47. The van der Waals surface area contributed by atoms with Crippen molar-refractivity contribution in [3.05, 3.63) is 68.8 Å². The first-order valence-corrected chi connectivity index (χ1v) is 10.6. The third-order valence-electron chi connectivity index (χ3n) is 5.42. The van der Waals surface area contributed by atoms with E-state index in [-0.39, 0.29) is 5.56 Å². The molecule has 0 aliphatic carbocycles. The van der Waals surface area contributed by atoms with Crippen molar-refractivity contribution in [3.8, 4) is 0 Å². The van der Waals surface area contributed by atoms with Gasteiger partial charge in [-0.2, -0.15) is 0 Å². The number of nitrogens with zero attached hydrogens (tertiary/aromatic N) is 4. The van der Waals surface area contributed by atoms with E-state index in [9.17, 15) is 4.79 Å². The van der Waals surface area contributed by atoms with E-state index in [0.717, 1.165) is 49.2 Å². The third kappa shape index (κ3) is 4.95. The van der Waals surface area contributed by atoms with Crippen LogP contribution in [0, 0.1) is 0 Å². The molecule has 8 heteroatoms. The lowest BCUT2D eigenvalue weighted by Gasteiger charge is -2.32. The van der Waals surface area contributed by atoms with Crippen LogP contribution in [0.3, 0.4) is 0 Å². The molecule has 4 rings (SSSR count). The van der Waals surface area contributed by atoms with E-state index in [4.69, 9.17) is 23.2 Å². The van der Waals surface area contributed by atoms with Crippen molar-refractivity contribution in [2.45, 2.75) is 32.0 Å². The quantitative estimate of drug-likeness (QED) is 0.648. The second kappa shape index (κ2) is 9.22. The first-order valence-electron chi connectivity index (χ1n) is 9.80. The van der Waals surface area contributed by atoms with Crippen LogP contribution in [0.25, 0.3) is 11.0 Å². The lowest BCUT2D eigenvalue weighted by Crippen LogP contribution is -2.43. The minimum Gasteiger partial charge on any atom is -0.308 e. The largest absolute Gasteiger partial charge is 0.308 e. The van der Waals surface area contributed by atoms with Crippen LogP contribution in [0.2, 0.25) is 10.0 Å². The van der Waals surface area contributed by atoms with Crippen LogP contribution in [0.15, 0.2) is 47.5 Å². The maximum absolute atomic E-state index is 12.3. The molecular weight excluding hydrogens is 409 g/mol. The molecule has 1 aliphatic heterocycles. The minimum atomic E-state index is 0.0242. The molecule has 29 heavy (non-hydrogen) atoms. The molecule has 6 nitrogen and oxygen atoms in total. The van der Waals surface area contributed by atoms with Gasteiger partial charge in [0.15, 0.2) is 0 Å². The second-order valence-electron chi connectivity index (χ2n) is 7.32. The average molecular weight is 432 g/mol. The summed E-state index contributed by atoms with van der Waals surface area (Å²) < 4.78 is 1.82. The highest BCUT2D eigenvalue weighted by Gasteiger charge is 2.19. The van der Waals surface area contributed by atoms with Crippen LogP contribution >= 0.6 is 23.2 Å². The van der Waals surface area contributed by atoms with Crippen molar-refractivity contribution < 1.29 is 0 Å². The Morgan fingerprint density at radius 1 is 1.07 bits per heavy atom. The highest BCUT2D eigenvalue weighted by atomic mass is 35.5. The van der Waals surface area contributed by atoms with Crippen molar-refractivity contribution >= 4 is 34.2 Å². The van der Waals surface area contributed by atoms with E-state index in [1.165, 1.54) is 0 Å². The van der Waals surface area contributed by atoms with E-state index in [1.54, 1.807) is 24.5 Å². The number of pyridine rings is 3. The van der Waals surface area contributed by atoms with Crippen LogP contribution in [-0.4, -0.2) is 45.1 Å². The molecule has 1 aliphatic rings. The standard InChI is InChI=1S/C21H23Cl2N5O/c22-17-12-16(26-14-18(17)23)13-25-15-5-8-27(9-6-15)10-11-28-20-2-1-7-24-19(20)3-4-21(28)29/h1-4,7,12,14-15,25H,5-6,8-11,13H2. The zero-order chi connectivity index (χ0) is 20.2. The normalized spacial score (nSPS) is 15.8. The summed E-state index contributed by atoms with van der Waals surface area (Å²) in [6, 6.07) is 9.47. The first-order chi connectivity index (χ1) is 14.1. The molecule has 0 unspecified atom stereocenters. The van der Waals surface area contributed by atoms with Crippen molar-refractivity contribution in [3.63, 3.8) is 0 Å². The fraction of sp³-hybridized carbons (Fsp3) is 0.381. The third-order valence-corrected chi connectivity index (χ3v) is 6.13. The molecule has 1 N–H and O–H groups in total. The van der Waals surface area contributed by atoms with Gasteiger partial charge >= 0.3 is 0 Å². The van der Waals surface area contributed by atoms with Gasteiger partial charge in [0.2, 0.25) is 0 Å². The molecule has 3 aromatic heterocycles. The van der Waals surface area contributed by atoms with Gasteiger partial charge < -0.3 is 14.8 Å². The maximum atomic E-state index is 12.3. The number of hydrogen-bond acceptors (Lipinski definition) is 5. The molecule has 0 bridgehead atoms. The highest BCUT2D eigenvalue weighted by molar-refractivity contribution is 6.41. The Morgan fingerprint density at radius 3 is 2.69 bits per heavy atom. The summed E-state index contributed by atoms with van der Waals surface area (Å²) in [5, 5.41) is 4.57. The van der Waals surface area contributed by atoms with Gasteiger partial charge in [-0.1, -0.05) is 23.2 Å². The molecule has 1 fully saturated rings. The lowest BCUT2D eigenvalue weighted by molar-refractivity contribution is 0.191. The average Bonchev–Trinajstić information content (AvgIpc) is 2.75. The number of fused-ring (bicyclic) bond motifs is 1. The number of aromatic nitrogens is 3. The SMILES string of the molecule is O=c1ccc2ncccc2n1CCN1CCC(NCc2cc(Cl)c(Cl)cn2)CC1. The Balaban J connectivity index is 1.28. The van der Waals surface area contributed by atoms with Gasteiger partial charge in [-0.05, 0) is 50.2 Å². The van der Waals surface area contributed by atoms with Crippen LogP contribution < -0.4 is 10.9 Å². The summed E-state index contributed by atoms with van der Waals surface area (Å²) in [7, 11) is 0. The molecule has 0 atom stereocenters. The van der Waals surface area contributed by atoms with Gasteiger partial charge in [0.25, 0.3) is 5.56 Å². The van der Waals surface area contributed by atoms with E-state index < -0.39 is 0 Å². The molecule has 152 valence electrons. The Labute approximate surface area is 179 Å². The predicted molar refractivity (Wildman–Crippen MR) is 117 cm³/mol.